The van der Waals surface area contributed by atoms with Crippen molar-refractivity contribution in [3.8, 4) is 28.1 Å². The molecule has 1 saturated carbocycles. The molecule has 0 amide bonds. The van der Waals surface area contributed by atoms with E-state index in [-0.39, 0.29) is 35.1 Å². The van der Waals surface area contributed by atoms with Gasteiger partial charge >= 0.3 is 5.97 Å². The molecule has 4 atom stereocenters. The van der Waals surface area contributed by atoms with Gasteiger partial charge in [-0.1, -0.05) is 111 Å². The third kappa shape index (κ3) is 8.99. The number of carboxylic acids is 1. The normalized spacial score (nSPS) is 19.9. The van der Waals surface area contributed by atoms with Gasteiger partial charge in [0.15, 0.2) is 6.61 Å². The lowest BCUT2D eigenvalue weighted by molar-refractivity contribution is -0.139. The molecule has 56 heavy (non-hydrogen) atoms. The first kappa shape index (κ1) is 39.6. The number of thiazole rings is 1. The summed E-state index contributed by atoms with van der Waals surface area (Å²) in [6.45, 7) is 8.09. The van der Waals surface area contributed by atoms with Gasteiger partial charge in [-0.2, -0.15) is 4.31 Å². The van der Waals surface area contributed by atoms with E-state index in [1.165, 1.54) is 33.8 Å². The molecule has 1 aromatic heterocycles. The third-order valence-corrected chi connectivity index (χ3v) is 13.8. The predicted octanol–water partition coefficient (Wildman–Crippen LogP) is 10.6. The maximum atomic E-state index is 14.2. The third-order valence-electron chi connectivity index (χ3n) is 11.0. The van der Waals surface area contributed by atoms with Crippen LogP contribution in [0.2, 0.25) is 0 Å². The SMILES string of the molecule is C=C(C)[C@@H]1C[C@@H](c2ccc(-c3ccccc3)cc2)[C@@H](CCCC)O[C@H]1c1cc(S(=O)(=O)N(C)Cc2ccc(-c3csc(C4CC4)n3)cc2)ccc1OCC(=O)O. The summed E-state index contributed by atoms with van der Waals surface area (Å²) in [5.74, 6) is -0.353. The number of aromatic nitrogens is 1. The van der Waals surface area contributed by atoms with Gasteiger partial charge in [-0.25, -0.2) is 18.2 Å². The number of hydrogen-bond acceptors (Lipinski definition) is 7. The molecule has 4 aromatic carbocycles. The number of sulfonamides is 1. The molecule has 8 nitrogen and oxygen atoms in total. The van der Waals surface area contributed by atoms with Gasteiger partial charge in [-0.3, -0.25) is 0 Å². The van der Waals surface area contributed by atoms with Crippen molar-refractivity contribution in [3.05, 3.63) is 136 Å². The second-order valence-corrected chi connectivity index (χ2v) is 18.1. The zero-order valence-electron chi connectivity index (χ0n) is 32.3. The van der Waals surface area contributed by atoms with Crippen molar-refractivity contribution in [2.24, 2.45) is 5.92 Å². The Morgan fingerprint density at radius 1 is 0.982 bits per heavy atom. The Labute approximate surface area is 334 Å². The van der Waals surface area contributed by atoms with Crippen LogP contribution in [0, 0.1) is 5.92 Å². The van der Waals surface area contributed by atoms with E-state index in [9.17, 15) is 18.3 Å². The quantitative estimate of drug-likeness (QED) is 0.0992. The van der Waals surface area contributed by atoms with Crippen molar-refractivity contribution in [2.45, 2.75) is 87.9 Å². The molecule has 0 unspecified atom stereocenters. The maximum absolute atomic E-state index is 14.2. The number of aliphatic carboxylic acids is 1. The van der Waals surface area contributed by atoms with Gasteiger partial charge in [-0.05, 0) is 73.1 Å². The lowest BCUT2D eigenvalue weighted by Crippen LogP contribution is -2.36. The molecule has 0 bridgehead atoms. The first-order valence-corrected chi connectivity index (χ1v) is 21.8. The van der Waals surface area contributed by atoms with E-state index in [2.05, 4.69) is 55.3 Å². The number of unbranched alkanes of at least 4 members (excludes halogenated alkanes) is 1. The lowest BCUT2D eigenvalue weighted by atomic mass is 9.74. The summed E-state index contributed by atoms with van der Waals surface area (Å²) in [5.41, 5.74) is 7.68. The standard InChI is InChI=1S/C46H50N2O6S2/c1-5-6-12-43-39(34-19-17-33(18-20-34)32-10-8-7-9-11-32)26-38(30(2)3)45(54-43)40-25-37(23-24-42(40)53-28-44(49)50)56(51,52)48(4)27-31-13-15-35(16-14-31)41-29-55-46(47-41)36-21-22-36/h7-11,13-20,23-25,29,36,38-39,43,45H,2,5-6,12,21-22,26-28H2,1,3-4H3,(H,49,50)/t38-,39-,43+,45+/m0/s1. The molecule has 2 aliphatic rings. The molecule has 1 aliphatic heterocycles. The molecule has 5 aromatic rings. The Morgan fingerprint density at radius 3 is 2.34 bits per heavy atom. The van der Waals surface area contributed by atoms with E-state index in [0.717, 1.165) is 59.2 Å². The molecule has 1 saturated heterocycles. The van der Waals surface area contributed by atoms with Crippen molar-refractivity contribution < 1.29 is 27.8 Å². The zero-order valence-corrected chi connectivity index (χ0v) is 33.9. The first-order valence-electron chi connectivity index (χ1n) is 19.5. The molecular formula is C46H50N2O6S2. The number of carboxylic acid groups (broad SMARTS) is 1. The van der Waals surface area contributed by atoms with Gasteiger partial charge in [0.1, 0.15) is 5.75 Å². The fourth-order valence-corrected chi connectivity index (χ4v) is 9.87. The van der Waals surface area contributed by atoms with Crippen molar-refractivity contribution in [2.75, 3.05) is 13.7 Å². The number of hydrogen-bond donors (Lipinski definition) is 1. The summed E-state index contributed by atoms with van der Waals surface area (Å²) in [5, 5.41) is 12.8. The summed E-state index contributed by atoms with van der Waals surface area (Å²) in [6, 6.07) is 31.5. The van der Waals surface area contributed by atoms with Crippen LogP contribution in [0.3, 0.4) is 0 Å². The number of benzene rings is 4. The Morgan fingerprint density at radius 2 is 1.68 bits per heavy atom. The molecule has 292 valence electrons. The van der Waals surface area contributed by atoms with E-state index in [4.69, 9.17) is 14.5 Å². The van der Waals surface area contributed by atoms with Crippen molar-refractivity contribution >= 4 is 27.3 Å². The topological polar surface area (TPSA) is 106 Å². The molecule has 0 radical (unpaired) electrons. The van der Waals surface area contributed by atoms with Gasteiger partial charge < -0.3 is 14.6 Å². The Bertz CT molecular complexity index is 2250. The van der Waals surface area contributed by atoms with Crippen molar-refractivity contribution in [3.63, 3.8) is 0 Å². The highest BCUT2D eigenvalue weighted by molar-refractivity contribution is 7.89. The van der Waals surface area contributed by atoms with Gasteiger partial charge in [-0.15, -0.1) is 11.3 Å². The van der Waals surface area contributed by atoms with Crippen molar-refractivity contribution in [1.29, 1.82) is 0 Å². The van der Waals surface area contributed by atoms with Crippen LogP contribution in [0.4, 0.5) is 0 Å². The zero-order chi connectivity index (χ0) is 39.4. The second-order valence-electron chi connectivity index (χ2n) is 15.2. The second kappa shape index (κ2) is 17.3. The van der Waals surface area contributed by atoms with E-state index in [0.29, 0.717) is 11.5 Å². The minimum absolute atomic E-state index is 0.0768. The van der Waals surface area contributed by atoms with Gasteiger partial charge in [0.25, 0.3) is 0 Å². The molecule has 1 N–H and O–H groups in total. The molecule has 7 rings (SSSR count). The van der Waals surface area contributed by atoms with Crippen LogP contribution < -0.4 is 4.74 Å². The van der Waals surface area contributed by atoms with Crippen LogP contribution in [0.5, 0.6) is 5.75 Å². The minimum Gasteiger partial charge on any atom is -0.482 e. The maximum Gasteiger partial charge on any atom is 0.341 e. The first-order chi connectivity index (χ1) is 27.0. The van der Waals surface area contributed by atoms with Gasteiger partial charge in [0.2, 0.25) is 10.0 Å². The van der Waals surface area contributed by atoms with E-state index in [1.54, 1.807) is 30.5 Å². The average molecular weight is 791 g/mol. The summed E-state index contributed by atoms with van der Waals surface area (Å²) >= 11 is 1.70. The highest BCUT2D eigenvalue weighted by atomic mass is 32.2. The van der Waals surface area contributed by atoms with Crippen molar-refractivity contribution in [1.82, 2.24) is 9.29 Å². The molecule has 1 aliphatic carbocycles. The van der Waals surface area contributed by atoms with Crippen LogP contribution in [0.25, 0.3) is 22.4 Å². The predicted molar refractivity (Wildman–Crippen MR) is 222 cm³/mol. The summed E-state index contributed by atoms with van der Waals surface area (Å²) in [7, 11) is -2.41. The van der Waals surface area contributed by atoms with Crippen LogP contribution in [-0.2, 0) is 26.1 Å². The van der Waals surface area contributed by atoms with E-state index < -0.39 is 28.7 Å². The van der Waals surface area contributed by atoms with Gasteiger partial charge in [0.05, 0.1) is 27.8 Å². The summed E-state index contributed by atoms with van der Waals surface area (Å²) < 4.78 is 42.7. The Balaban J connectivity index is 1.16. The van der Waals surface area contributed by atoms with Crippen LogP contribution in [-0.4, -0.2) is 48.5 Å². The number of ether oxygens (including phenoxy) is 2. The highest BCUT2D eigenvalue weighted by Crippen LogP contribution is 2.50. The number of nitrogens with zero attached hydrogens (tertiary/aromatic N) is 2. The van der Waals surface area contributed by atoms with Crippen LogP contribution in [0.15, 0.2) is 119 Å². The highest BCUT2D eigenvalue weighted by Gasteiger charge is 2.41. The fraction of sp³-hybridized carbons (Fsp3) is 0.348. The smallest absolute Gasteiger partial charge is 0.341 e. The van der Waals surface area contributed by atoms with Gasteiger partial charge in [0, 0.05) is 47.9 Å². The monoisotopic (exact) mass is 790 g/mol. The number of rotatable bonds is 16. The lowest BCUT2D eigenvalue weighted by Gasteiger charge is -2.43. The molecule has 2 fully saturated rings. The molecule has 0 spiro atoms. The molecule has 2 heterocycles. The summed E-state index contributed by atoms with van der Waals surface area (Å²) in [4.78, 5) is 16.6. The summed E-state index contributed by atoms with van der Waals surface area (Å²) in [6.07, 6.45) is 5.15. The molecule has 10 heteroatoms. The van der Waals surface area contributed by atoms with Crippen LogP contribution in [0.1, 0.15) is 92.0 Å². The Hall–Kier alpha value is -4.61. The number of carbonyl (C=O) groups is 1. The minimum atomic E-state index is -3.98. The largest absolute Gasteiger partial charge is 0.482 e. The molecular weight excluding hydrogens is 741 g/mol. The Kier molecular flexibility index (Phi) is 12.2. The fourth-order valence-electron chi connectivity index (χ4n) is 7.68. The average Bonchev–Trinajstić information content (AvgIpc) is 3.95. The van der Waals surface area contributed by atoms with E-state index in [1.807, 2.05) is 49.4 Å². The van der Waals surface area contributed by atoms with Crippen LogP contribution >= 0.6 is 11.3 Å². The van der Waals surface area contributed by atoms with E-state index >= 15 is 0 Å².